The average Bonchev–Trinajstić information content (AvgIpc) is 2.68. The second-order valence-corrected chi connectivity index (χ2v) is 5.70. The third-order valence-electron chi connectivity index (χ3n) is 3.88. The molecule has 5 heteroatoms. The van der Waals surface area contributed by atoms with Crippen LogP contribution in [0, 0.1) is 0 Å². The maximum atomic E-state index is 12.1. The van der Waals surface area contributed by atoms with Crippen LogP contribution in [0.4, 0.5) is 11.4 Å². The van der Waals surface area contributed by atoms with E-state index < -0.39 is 5.97 Å². The van der Waals surface area contributed by atoms with Crippen molar-refractivity contribution in [3.63, 3.8) is 0 Å². The van der Waals surface area contributed by atoms with E-state index in [0.717, 1.165) is 16.8 Å². The van der Waals surface area contributed by atoms with E-state index in [4.69, 9.17) is 5.11 Å². The van der Waals surface area contributed by atoms with E-state index in [9.17, 15) is 9.59 Å². The molecule has 3 N–H and O–H groups in total. The molecule has 0 saturated heterocycles. The van der Waals surface area contributed by atoms with Crippen LogP contribution in [0.5, 0.6) is 0 Å². The number of para-hydroxylation sites is 1. The molecule has 0 atom stereocenters. The molecule has 3 aromatic rings. The lowest BCUT2D eigenvalue weighted by atomic mass is 10.1. The van der Waals surface area contributed by atoms with Crippen LogP contribution in [0.2, 0.25) is 0 Å². The monoisotopic (exact) mass is 346 g/mol. The Hall–Kier alpha value is -3.60. The van der Waals surface area contributed by atoms with Gasteiger partial charge in [-0.05, 0) is 35.4 Å². The minimum Gasteiger partial charge on any atom is -0.478 e. The molecular formula is C21H18N2O3. The standard InChI is InChI=1S/C21H18N2O3/c24-20(23-19-9-5-4-8-18(19)21(25)26)14-22-17-12-10-16(11-13-17)15-6-2-1-3-7-15/h1-13,22H,14H2,(H,23,24)(H,25,26). The van der Waals surface area contributed by atoms with Crippen molar-refractivity contribution in [3.8, 4) is 11.1 Å². The van der Waals surface area contributed by atoms with E-state index in [2.05, 4.69) is 10.6 Å². The van der Waals surface area contributed by atoms with Crippen LogP contribution in [-0.4, -0.2) is 23.5 Å². The molecule has 26 heavy (non-hydrogen) atoms. The van der Waals surface area contributed by atoms with Gasteiger partial charge in [0.1, 0.15) is 0 Å². The van der Waals surface area contributed by atoms with Gasteiger partial charge in [-0.3, -0.25) is 4.79 Å². The number of carbonyl (C=O) groups excluding carboxylic acids is 1. The van der Waals surface area contributed by atoms with Crippen molar-refractivity contribution >= 4 is 23.3 Å². The number of hydrogen-bond acceptors (Lipinski definition) is 3. The molecule has 3 aromatic carbocycles. The van der Waals surface area contributed by atoms with Crippen molar-refractivity contribution in [1.82, 2.24) is 0 Å². The number of rotatable bonds is 6. The molecule has 0 unspecified atom stereocenters. The Morgan fingerprint density at radius 1 is 0.769 bits per heavy atom. The molecule has 0 heterocycles. The van der Waals surface area contributed by atoms with Gasteiger partial charge in [0.25, 0.3) is 0 Å². The molecule has 0 aromatic heterocycles. The smallest absolute Gasteiger partial charge is 0.337 e. The predicted molar refractivity (Wildman–Crippen MR) is 102 cm³/mol. The highest BCUT2D eigenvalue weighted by atomic mass is 16.4. The highest BCUT2D eigenvalue weighted by Gasteiger charge is 2.11. The van der Waals surface area contributed by atoms with Gasteiger partial charge >= 0.3 is 5.97 Å². The van der Waals surface area contributed by atoms with Crippen LogP contribution in [0.3, 0.4) is 0 Å². The van der Waals surface area contributed by atoms with Gasteiger partial charge in [-0.25, -0.2) is 4.79 Å². The summed E-state index contributed by atoms with van der Waals surface area (Å²) in [6, 6.07) is 24.1. The highest BCUT2D eigenvalue weighted by molar-refractivity contribution is 6.01. The van der Waals surface area contributed by atoms with Gasteiger partial charge in [-0.1, -0.05) is 54.6 Å². The molecule has 5 nitrogen and oxygen atoms in total. The minimum absolute atomic E-state index is 0.0403. The zero-order valence-electron chi connectivity index (χ0n) is 14.0. The second-order valence-electron chi connectivity index (χ2n) is 5.70. The number of anilines is 2. The Morgan fingerprint density at radius 3 is 2.08 bits per heavy atom. The number of carbonyl (C=O) groups is 2. The molecule has 0 aliphatic carbocycles. The first kappa shape index (κ1) is 17.2. The topological polar surface area (TPSA) is 78.4 Å². The fraction of sp³-hybridized carbons (Fsp3) is 0.0476. The van der Waals surface area contributed by atoms with Crippen LogP contribution in [0.1, 0.15) is 10.4 Å². The van der Waals surface area contributed by atoms with E-state index in [1.165, 1.54) is 6.07 Å². The summed E-state index contributed by atoms with van der Waals surface area (Å²) in [6.07, 6.45) is 0. The SMILES string of the molecule is O=C(CNc1ccc(-c2ccccc2)cc1)Nc1ccccc1C(=O)O. The quantitative estimate of drug-likeness (QED) is 0.628. The van der Waals surface area contributed by atoms with Crippen molar-refractivity contribution in [2.75, 3.05) is 17.2 Å². The number of benzene rings is 3. The van der Waals surface area contributed by atoms with E-state index >= 15 is 0 Å². The Morgan fingerprint density at radius 2 is 1.38 bits per heavy atom. The maximum Gasteiger partial charge on any atom is 0.337 e. The zero-order chi connectivity index (χ0) is 18.4. The van der Waals surface area contributed by atoms with Crippen molar-refractivity contribution in [3.05, 3.63) is 84.4 Å². The van der Waals surface area contributed by atoms with Gasteiger partial charge in [0, 0.05) is 5.69 Å². The van der Waals surface area contributed by atoms with Crippen molar-refractivity contribution in [2.24, 2.45) is 0 Å². The third-order valence-corrected chi connectivity index (χ3v) is 3.88. The van der Waals surface area contributed by atoms with Crippen molar-refractivity contribution in [1.29, 1.82) is 0 Å². The lowest BCUT2D eigenvalue weighted by Gasteiger charge is -2.10. The molecule has 0 aliphatic heterocycles. The molecule has 3 rings (SSSR count). The van der Waals surface area contributed by atoms with Gasteiger partial charge in [0.2, 0.25) is 5.91 Å². The number of amides is 1. The van der Waals surface area contributed by atoms with E-state index in [-0.39, 0.29) is 23.7 Å². The molecule has 0 bridgehead atoms. The Bertz CT molecular complexity index is 906. The fourth-order valence-corrected chi connectivity index (χ4v) is 2.57. The molecule has 0 saturated carbocycles. The molecule has 0 radical (unpaired) electrons. The summed E-state index contributed by atoms with van der Waals surface area (Å²) in [5.41, 5.74) is 3.38. The van der Waals surface area contributed by atoms with Gasteiger partial charge < -0.3 is 15.7 Å². The van der Waals surface area contributed by atoms with Gasteiger partial charge in [-0.2, -0.15) is 0 Å². The van der Waals surface area contributed by atoms with Gasteiger partial charge in [0.15, 0.2) is 0 Å². The average molecular weight is 346 g/mol. The zero-order valence-corrected chi connectivity index (χ0v) is 14.0. The third kappa shape index (κ3) is 4.27. The highest BCUT2D eigenvalue weighted by Crippen LogP contribution is 2.21. The van der Waals surface area contributed by atoms with Crippen LogP contribution in [0.15, 0.2) is 78.9 Å². The summed E-state index contributed by atoms with van der Waals surface area (Å²) >= 11 is 0. The van der Waals surface area contributed by atoms with Crippen LogP contribution < -0.4 is 10.6 Å². The number of nitrogens with one attached hydrogen (secondary N) is 2. The molecule has 1 amide bonds. The normalized spacial score (nSPS) is 10.2. The van der Waals surface area contributed by atoms with E-state index in [0.29, 0.717) is 0 Å². The second kappa shape index (κ2) is 7.98. The lowest BCUT2D eigenvalue weighted by Crippen LogP contribution is -2.22. The Labute approximate surface area is 151 Å². The number of carboxylic acid groups (broad SMARTS) is 1. The lowest BCUT2D eigenvalue weighted by molar-refractivity contribution is -0.114. The molecule has 0 spiro atoms. The van der Waals surface area contributed by atoms with Crippen molar-refractivity contribution in [2.45, 2.75) is 0 Å². The summed E-state index contributed by atoms with van der Waals surface area (Å²) in [7, 11) is 0. The van der Waals surface area contributed by atoms with E-state index in [1.807, 2.05) is 54.6 Å². The molecule has 0 fully saturated rings. The number of hydrogen-bond donors (Lipinski definition) is 3. The first-order valence-corrected chi connectivity index (χ1v) is 8.15. The maximum absolute atomic E-state index is 12.1. The number of carboxylic acids is 1. The van der Waals surface area contributed by atoms with Crippen LogP contribution in [0.25, 0.3) is 11.1 Å². The van der Waals surface area contributed by atoms with Crippen LogP contribution in [-0.2, 0) is 4.79 Å². The summed E-state index contributed by atoms with van der Waals surface area (Å²) in [5.74, 6) is -1.39. The van der Waals surface area contributed by atoms with E-state index in [1.54, 1.807) is 18.2 Å². The fourth-order valence-electron chi connectivity index (χ4n) is 2.57. The summed E-state index contributed by atoms with van der Waals surface area (Å²) < 4.78 is 0. The molecular weight excluding hydrogens is 328 g/mol. The Kier molecular flexibility index (Phi) is 5.29. The van der Waals surface area contributed by atoms with Gasteiger partial charge in [0.05, 0.1) is 17.8 Å². The summed E-state index contributed by atoms with van der Waals surface area (Å²) in [5, 5.41) is 14.8. The molecule has 0 aliphatic rings. The van der Waals surface area contributed by atoms with Crippen molar-refractivity contribution < 1.29 is 14.7 Å². The van der Waals surface area contributed by atoms with Gasteiger partial charge in [-0.15, -0.1) is 0 Å². The van der Waals surface area contributed by atoms with Crippen LogP contribution >= 0.6 is 0 Å². The number of aromatic carboxylic acids is 1. The summed E-state index contributed by atoms with van der Waals surface area (Å²) in [4.78, 5) is 23.2. The minimum atomic E-state index is -1.08. The Balaban J connectivity index is 1.59. The first-order chi connectivity index (χ1) is 12.6. The largest absolute Gasteiger partial charge is 0.478 e. The predicted octanol–water partition coefficient (Wildman–Crippen LogP) is 4.10. The summed E-state index contributed by atoms with van der Waals surface area (Å²) in [6.45, 7) is 0.0403. The molecule has 130 valence electrons. The first-order valence-electron chi connectivity index (χ1n) is 8.15.